The summed E-state index contributed by atoms with van der Waals surface area (Å²) in [5.74, 6) is 1.02. The lowest BCUT2D eigenvalue weighted by Gasteiger charge is -2.30. The molecule has 0 amide bonds. The van der Waals surface area contributed by atoms with Gasteiger partial charge >= 0.3 is 0 Å². The first-order valence-electron chi connectivity index (χ1n) is 5.73. The smallest absolute Gasteiger partial charge is 0.142 e. The van der Waals surface area contributed by atoms with Gasteiger partial charge in [0.15, 0.2) is 0 Å². The predicted octanol–water partition coefficient (Wildman–Crippen LogP) is 2.75. The molecule has 0 atom stereocenters. The van der Waals surface area contributed by atoms with Gasteiger partial charge in [-0.2, -0.15) is 0 Å². The van der Waals surface area contributed by atoms with Gasteiger partial charge in [0.1, 0.15) is 11.5 Å². The van der Waals surface area contributed by atoms with Crippen LogP contribution in [0.2, 0.25) is 0 Å². The van der Waals surface area contributed by atoms with Crippen LogP contribution in [0.5, 0.6) is 5.75 Å². The summed E-state index contributed by atoms with van der Waals surface area (Å²) in [6, 6.07) is 7.82. The van der Waals surface area contributed by atoms with Crippen molar-refractivity contribution in [2.45, 2.75) is 20.8 Å². The van der Waals surface area contributed by atoms with E-state index < -0.39 is 0 Å². The fourth-order valence-electron chi connectivity index (χ4n) is 1.73. The molecule has 0 radical (unpaired) electrons. The Kier molecular flexibility index (Phi) is 4.16. The van der Waals surface area contributed by atoms with Gasteiger partial charge in [0, 0.05) is 19.0 Å². The van der Waals surface area contributed by atoms with Crippen LogP contribution in [-0.4, -0.2) is 26.5 Å². The van der Waals surface area contributed by atoms with E-state index in [2.05, 4.69) is 4.90 Å². The third-order valence-electron chi connectivity index (χ3n) is 3.08. The van der Waals surface area contributed by atoms with Crippen molar-refractivity contribution in [3.63, 3.8) is 0 Å². The number of carbonyl (C=O) groups excluding carboxylic acids is 1. The maximum atomic E-state index is 11.5. The van der Waals surface area contributed by atoms with Crippen LogP contribution in [0.1, 0.15) is 20.8 Å². The Morgan fingerprint density at radius 1 is 1.35 bits per heavy atom. The van der Waals surface area contributed by atoms with Gasteiger partial charge < -0.3 is 9.64 Å². The number of carbonyl (C=O) groups is 1. The zero-order valence-corrected chi connectivity index (χ0v) is 11.3. The highest BCUT2D eigenvalue weighted by molar-refractivity contribution is 5.82. The van der Waals surface area contributed by atoms with Gasteiger partial charge in [-0.1, -0.05) is 26.0 Å². The second kappa shape index (κ2) is 5.21. The minimum atomic E-state index is -0.352. The SMILES string of the molecule is COc1ccccc1N(C)CC(C)(C)C(C)=O. The fraction of sp³-hybridized carbons (Fsp3) is 0.500. The van der Waals surface area contributed by atoms with E-state index >= 15 is 0 Å². The molecule has 0 unspecified atom stereocenters. The van der Waals surface area contributed by atoms with Gasteiger partial charge in [-0.05, 0) is 19.1 Å². The van der Waals surface area contributed by atoms with Gasteiger partial charge in [-0.25, -0.2) is 0 Å². The van der Waals surface area contributed by atoms with Gasteiger partial charge in [0.05, 0.1) is 12.8 Å². The van der Waals surface area contributed by atoms with Gasteiger partial charge in [0.2, 0.25) is 0 Å². The molecule has 0 aliphatic rings. The Bertz CT molecular complexity index is 399. The predicted molar refractivity (Wildman–Crippen MR) is 70.7 cm³/mol. The normalized spacial score (nSPS) is 11.1. The molecule has 3 nitrogen and oxygen atoms in total. The number of methoxy groups -OCH3 is 1. The molecule has 0 bridgehead atoms. The van der Waals surface area contributed by atoms with Crippen molar-refractivity contribution in [3.05, 3.63) is 24.3 Å². The summed E-state index contributed by atoms with van der Waals surface area (Å²) in [5.41, 5.74) is 0.652. The van der Waals surface area contributed by atoms with Crippen LogP contribution >= 0.6 is 0 Å². The van der Waals surface area contributed by atoms with Crippen molar-refractivity contribution in [2.75, 3.05) is 25.6 Å². The van der Waals surface area contributed by atoms with E-state index in [1.54, 1.807) is 14.0 Å². The van der Waals surface area contributed by atoms with Crippen LogP contribution in [0.3, 0.4) is 0 Å². The van der Waals surface area contributed by atoms with Crippen LogP contribution in [0.4, 0.5) is 5.69 Å². The number of hydrogen-bond donors (Lipinski definition) is 0. The van der Waals surface area contributed by atoms with Gasteiger partial charge in [-0.15, -0.1) is 0 Å². The number of ketones is 1. The third-order valence-corrected chi connectivity index (χ3v) is 3.08. The van der Waals surface area contributed by atoms with Crippen molar-refractivity contribution in [1.82, 2.24) is 0 Å². The lowest BCUT2D eigenvalue weighted by molar-refractivity contribution is -0.124. The van der Waals surface area contributed by atoms with E-state index in [-0.39, 0.29) is 11.2 Å². The molecule has 1 aromatic rings. The number of nitrogens with zero attached hydrogens (tertiary/aromatic N) is 1. The third kappa shape index (κ3) is 3.22. The quantitative estimate of drug-likeness (QED) is 0.786. The maximum Gasteiger partial charge on any atom is 0.142 e. The average Bonchev–Trinajstić information content (AvgIpc) is 2.28. The molecule has 0 fully saturated rings. The maximum absolute atomic E-state index is 11.5. The highest BCUT2D eigenvalue weighted by Gasteiger charge is 2.26. The fourth-order valence-corrected chi connectivity index (χ4v) is 1.73. The lowest BCUT2D eigenvalue weighted by Crippen LogP contribution is -2.36. The number of para-hydroxylation sites is 2. The van der Waals surface area contributed by atoms with Crippen LogP contribution in [0.25, 0.3) is 0 Å². The topological polar surface area (TPSA) is 29.5 Å². The first-order valence-corrected chi connectivity index (χ1v) is 5.73. The lowest BCUT2D eigenvalue weighted by atomic mass is 9.88. The summed E-state index contributed by atoms with van der Waals surface area (Å²) in [5, 5.41) is 0. The number of Topliss-reactive ketones (excluding diaryl/α,β-unsaturated/α-hetero) is 1. The van der Waals surface area contributed by atoms with E-state index in [4.69, 9.17) is 4.74 Å². The summed E-state index contributed by atoms with van der Waals surface area (Å²) >= 11 is 0. The minimum absolute atomic E-state index is 0.194. The Hall–Kier alpha value is -1.51. The molecule has 1 aromatic carbocycles. The van der Waals surface area contributed by atoms with Gasteiger partial charge in [0.25, 0.3) is 0 Å². The second-order valence-electron chi connectivity index (χ2n) is 4.97. The van der Waals surface area contributed by atoms with Crippen molar-refractivity contribution in [1.29, 1.82) is 0 Å². The van der Waals surface area contributed by atoms with Crippen LogP contribution in [0.15, 0.2) is 24.3 Å². The molecule has 0 aliphatic carbocycles. The van der Waals surface area contributed by atoms with Crippen LogP contribution < -0.4 is 9.64 Å². The van der Waals surface area contributed by atoms with E-state index in [0.29, 0.717) is 6.54 Å². The average molecular weight is 235 g/mol. The van der Waals surface area contributed by atoms with E-state index in [1.165, 1.54) is 0 Å². The molecular formula is C14H21NO2. The van der Waals surface area contributed by atoms with Crippen molar-refractivity contribution < 1.29 is 9.53 Å². The summed E-state index contributed by atoms with van der Waals surface area (Å²) < 4.78 is 5.31. The molecule has 1 rings (SSSR count). The van der Waals surface area contributed by atoms with E-state index in [9.17, 15) is 4.79 Å². The molecule has 94 valence electrons. The zero-order valence-electron chi connectivity index (χ0n) is 11.3. The molecule has 0 spiro atoms. The molecule has 0 aromatic heterocycles. The Morgan fingerprint density at radius 3 is 2.47 bits per heavy atom. The summed E-state index contributed by atoms with van der Waals surface area (Å²) in [4.78, 5) is 13.6. The van der Waals surface area contributed by atoms with Crippen molar-refractivity contribution in [3.8, 4) is 5.75 Å². The number of hydrogen-bond acceptors (Lipinski definition) is 3. The number of ether oxygens (including phenoxy) is 1. The molecule has 0 heterocycles. The summed E-state index contributed by atoms with van der Waals surface area (Å²) in [6.07, 6.45) is 0. The molecule has 0 aliphatic heterocycles. The Morgan fingerprint density at radius 2 is 1.94 bits per heavy atom. The van der Waals surface area contributed by atoms with E-state index in [0.717, 1.165) is 11.4 Å². The second-order valence-corrected chi connectivity index (χ2v) is 4.97. The highest BCUT2D eigenvalue weighted by Crippen LogP contribution is 2.29. The largest absolute Gasteiger partial charge is 0.495 e. The van der Waals surface area contributed by atoms with Gasteiger partial charge in [-0.3, -0.25) is 4.79 Å². The first kappa shape index (κ1) is 13.6. The van der Waals surface area contributed by atoms with Crippen LogP contribution in [0, 0.1) is 5.41 Å². The molecule has 0 N–H and O–H groups in total. The standard InChI is InChI=1S/C14H21NO2/c1-11(16)14(2,3)10-15(4)12-8-6-7-9-13(12)17-5/h6-9H,10H2,1-5H3. The number of benzene rings is 1. The Balaban J connectivity index is 2.90. The molecule has 0 saturated heterocycles. The molecule has 0 saturated carbocycles. The molecular weight excluding hydrogens is 214 g/mol. The monoisotopic (exact) mass is 235 g/mol. The molecule has 3 heteroatoms. The minimum Gasteiger partial charge on any atom is -0.495 e. The van der Waals surface area contributed by atoms with Crippen LogP contribution in [-0.2, 0) is 4.79 Å². The summed E-state index contributed by atoms with van der Waals surface area (Å²) in [6.45, 7) is 6.22. The van der Waals surface area contributed by atoms with Crippen molar-refractivity contribution >= 4 is 11.5 Å². The van der Waals surface area contributed by atoms with Crippen molar-refractivity contribution in [2.24, 2.45) is 5.41 Å². The summed E-state index contributed by atoms with van der Waals surface area (Å²) in [7, 11) is 3.63. The zero-order chi connectivity index (χ0) is 13.1. The first-order chi connectivity index (χ1) is 7.88. The number of anilines is 1. The van der Waals surface area contributed by atoms with E-state index in [1.807, 2.05) is 45.2 Å². The Labute approximate surface area is 103 Å². The highest BCUT2D eigenvalue weighted by atomic mass is 16.5. The molecule has 17 heavy (non-hydrogen) atoms. The number of rotatable bonds is 5.